The van der Waals surface area contributed by atoms with Gasteiger partial charge in [0.2, 0.25) is 0 Å². The van der Waals surface area contributed by atoms with Crippen LogP contribution in [0.4, 0.5) is 4.79 Å². The molecule has 0 atom stereocenters. The third-order valence-corrected chi connectivity index (χ3v) is 2.35. The van der Waals surface area contributed by atoms with Crippen molar-refractivity contribution in [3.63, 3.8) is 0 Å². The van der Waals surface area contributed by atoms with Crippen LogP contribution in [0.1, 0.15) is 26.2 Å². The molecule has 0 unspecified atom stereocenters. The highest BCUT2D eigenvalue weighted by Crippen LogP contribution is 2.18. The van der Waals surface area contributed by atoms with E-state index >= 15 is 0 Å². The first-order chi connectivity index (χ1) is 8.22. The van der Waals surface area contributed by atoms with Crippen molar-refractivity contribution in [1.29, 1.82) is 0 Å². The summed E-state index contributed by atoms with van der Waals surface area (Å²) in [5.74, 6) is -0.418. The highest BCUT2D eigenvalue weighted by atomic mass is 16.5. The second-order valence-corrected chi connectivity index (χ2v) is 4.00. The van der Waals surface area contributed by atoms with Gasteiger partial charge in [0.25, 0.3) is 0 Å². The van der Waals surface area contributed by atoms with Gasteiger partial charge in [-0.15, -0.1) is 0 Å². The topological polar surface area (TPSA) is 79.5 Å². The number of hydrogen-bond donors (Lipinski definition) is 3. The maximum absolute atomic E-state index is 11.2. The minimum Gasteiger partial charge on any atom is -0.465 e. The summed E-state index contributed by atoms with van der Waals surface area (Å²) in [5.41, 5.74) is 0. The van der Waals surface area contributed by atoms with E-state index in [4.69, 9.17) is 0 Å². The highest BCUT2D eigenvalue weighted by molar-refractivity contribution is 5.80. The average Bonchev–Trinajstić information content (AvgIpc) is 3.10. The number of urea groups is 1. The molecular formula is C11H21N3O3. The molecule has 17 heavy (non-hydrogen) atoms. The van der Waals surface area contributed by atoms with E-state index in [1.54, 1.807) is 6.92 Å². The van der Waals surface area contributed by atoms with Gasteiger partial charge < -0.3 is 20.7 Å². The van der Waals surface area contributed by atoms with Gasteiger partial charge in [-0.25, -0.2) is 4.79 Å². The first-order valence-electron chi connectivity index (χ1n) is 6.13. The molecule has 2 amide bonds. The van der Waals surface area contributed by atoms with Crippen LogP contribution in [0.3, 0.4) is 0 Å². The molecule has 0 heterocycles. The second-order valence-electron chi connectivity index (χ2n) is 4.00. The van der Waals surface area contributed by atoms with E-state index in [0.717, 1.165) is 13.0 Å². The molecule has 98 valence electrons. The zero-order chi connectivity index (χ0) is 12.5. The molecule has 1 saturated carbocycles. The summed E-state index contributed by atoms with van der Waals surface area (Å²) >= 11 is 0. The number of nitrogens with one attached hydrogen (secondary N) is 3. The Hall–Kier alpha value is -1.30. The first kappa shape index (κ1) is 13.8. The molecule has 0 aliphatic heterocycles. The van der Waals surface area contributed by atoms with Gasteiger partial charge in [0.15, 0.2) is 0 Å². The normalized spacial score (nSPS) is 14.2. The van der Waals surface area contributed by atoms with Crippen LogP contribution in [0.25, 0.3) is 0 Å². The maximum atomic E-state index is 11.2. The lowest BCUT2D eigenvalue weighted by molar-refractivity contribution is -0.141. The number of hydrogen-bond acceptors (Lipinski definition) is 4. The number of carbonyl (C=O) groups is 2. The van der Waals surface area contributed by atoms with Gasteiger partial charge >= 0.3 is 12.0 Å². The summed E-state index contributed by atoms with van der Waals surface area (Å²) in [6, 6.07) is 0.372. The lowest BCUT2D eigenvalue weighted by atomic mass is 10.4. The van der Waals surface area contributed by atoms with Gasteiger partial charge in [0, 0.05) is 12.6 Å². The molecule has 1 fully saturated rings. The molecule has 0 bridgehead atoms. The van der Waals surface area contributed by atoms with Crippen LogP contribution >= 0.6 is 0 Å². The highest BCUT2D eigenvalue weighted by Gasteiger charge is 2.19. The molecule has 1 aliphatic rings. The molecule has 0 aromatic heterocycles. The quantitative estimate of drug-likeness (QED) is 0.414. The summed E-state index contributed by atoms with van der Waals surface area (Å²) in [6.07, 6.45) is 3.43. The van der Waals surface area contributed by atoms with Gasteiger partial charge in [-0.3, -0.25) is 4.79 Å². The summed E-state index contributed by atoms with van der Waals surface area (Å²) in [4.78, 5) is 22.1. The number of ether oxygens (including phenoxy) is 1. The fourth-order valence-corrected chi connectivity index (χ4v) is 1.31. The lowest BCUT2D eigenvalue weighted by Crippen LogP contribution is -2.39. The van der Waals surface area contributed by atoms with Crippen LogP contribution in [0.15, 0.2) is 0 Å². The van der Waals surface area contributed by atoms with Crippen LogP contribution in [0.5, 0.6) is 0 Å². The van der Waals surface area contributed by atoms with E-state index in [1.807, 2.05) is 0 Å². The maximum Gasteiger partial charge on any atom is 0.325 e. The zero-order valence-corrected chi connectivity index (χ0v) is 10.3. The monoisotopic (exact) mass is 243 g/mol. The predicted molar refractivity (Wildman–Crippen MR) is 63.7 cm³/mol. The average molecular weight is 243 g/mol. The zero-order valence-electron chi connectivity index (χ0n) is 10.3. The van der Waals surface area contributed by atoms with Crippen molar-refractivity contribution < 1.29 is 14.3 Å². The Balaban J connectivity index is 1.87. The Morgan fingerprint density at radius 3 is 2.65 bits per heavy atom. The van der Waals surface area contributed by atoms with Crippen molar-refractivity contribution in [1.82, 2.24) is 16.0 Å². The van der Waals surface area contributed by atoms with Gasteiger partial charge in [-0.05, 0) is 32.7 Å². The molecule has 0 radical (unpaired) electrons. The fraction of sp³-hybridized carbons (Fsp3) is 0.818. The molecule has 0 saturated heterocycles. The molecule has 6 heteroatoms. The lowest BCUT2D eigenvalue weighted by Gasteiger charge is -2.07. The van der Waals surface area contributed by atoms with Crippen LogP contribution in [0.2, 0.25) is 0 Å². The standard InChI is InChI=1S/C11H21N3O3/c1-2-17-10(15)8-14-11(16)13-7-3-6-12-9-4-5-9/h9,12H,2-8H2,1H3,(H2,13,14,16). The number of esters is 1. The molecule has 6 nitrogen and oxygen atoms in total. The predicted octanol–water partition coefficient (Wildman–Crippen LogP) is -0.00920. The van der Waals surface area contributed by atoms with Gasteiger partial charge in [-0.1, -0.05) is 0 Å². The molecule has 1 aliphatic carbocycles. The molecule has 3 N–H and O–H groups in total. The van der Waals surface area contributed by atoms with E-state index in [0.29, 0.717) is 19.2 Å². The number of rotatable bonds is 8. The summed E-state index contributed by atoms with van der Waals surface area (Å²) in [5, 5.41) is 8.46. The fourth-order valence-electron chi connectivity index (χ4n) is 1.31. The van der Waals surface area contributed by atoms with Crippen molar-refractivity contribution in [2.24, 2.45) is 0 Å². The summed E-state index contributed by atoms with van der Waals surface area (Å²) < 4.78 is 4.68. The van der Waals surface area contributed by atoms with Gasteiger partial charge in [-0.2, -0.15) is 0 Å². The first-order valence-corrected chi connectivity index (χ1v) is 6.13. The molecule has 0 aromatic rings. The number of carbonyl (C=O) groups excluding carboxylic acids is 2. The van der Waals surface area contributed by atoms with E-state index in [-0.39, 0.29) is 12.6 Å². The Kier molecular flexibility index (Phi) is 6.39. The summed E-state index contributed by atoms with van der Waals surface area (Å²) in [7, 11) is 0. The van der Waals surface area contributed by atoms with Crippen molar-refractivity contribution in [2.75, 3.05) is 26.2 Å². The molecular weight excluding hydrogens is 222 g/mol. The van der Waals surface area contributed by atoms with Gasteiger partial charge in [0.1, 0.15) is 6.54 Å². The Bertz CT molecular complexity index is 254. The Labute approximate surface area is 101 Å². The Morgan fingerprint density at radius 1 is 1.24 bits per heavy atom. The third kappa shape index (κ3) is 7.57. The molecule has 0 spiro atoms. The molecule has 1 rings (SSSR count). The Morgan fingerprint density at radius 2 is 2.00 bits per heavy atom. The van der Waals surface area contributed by atoms with E-state index in [2.05, 4.69) is 20.7 Å². The SMILES string of the molecule is CCOC(=O)CNC(=O)NCCCNC1CC1. The second kappa shape index (κ2) is 7.89. The van der Waals surface area contributed by atoms with Crippen molar-refractivity contribution in [2.45, 2.75) is 32.2 Å². The van der Waals surface area contributed by atoms with Crippen LogP contribution < -0.4 is 16.0 Å². The van der Waals surface area contributed by atoms with E-state index in [9.17, 15) is 9.59 Å². The van der Waals surface area contributed by atoms with E-state index in [1.165, 1.54) is 12.8 Å². The number of amides is 2. The van der Waals surface area contributed by atoms with Crippen LogP contribution in [0, 0.1) is 0 Å². The van der Waals surface area contributed by atoms with Crippen molar-refractivity contribution in [3.05, 3.63) is 0 Å². The van der Waals surface area contributed by atoms with Crippen LogP contribution in [-0.4, -0.2) is 44.3 Å². The largest absolute Gasteiger partial charge is 0.465 e. The minimum absolute atomic E-state index is 0.0833. The van der Waals surface area contributed by atoms with Gasteiger partial charge in [0.05, 0.1) is 6.61 Å². The van der Waals surface area contributed by atoms with Crippen molar-refractivity contribution in [3.8, 4) is 0 Å². The van der Waals surface area contributed by atoms with Crippen LogP contribution in [-0.2, 0) is 9.53 Å². The van der Waals surface area contributed by atoms with Crippen molar-refractivity contribution >= 4 is 12.0 Å². The minimum atomic E-state index is -0.418. The summed E-state index contributed by atoms with van der Waals surface area (Å²) in [6.45, 7) is 3.50. The smallest absolute Gasteiger partial charge is 0.325 e. The molecule has 0 aromatic carbocycles. The van der Waals surface area contributed by atoms with E-state index < -0.39 is 5.97 Å². The third-order valence-electron chi connectivity index (χ3n) is 2.35.